The lowest BCUT2D eigenvalue weighted by molar-refractivity contribution is 0.0665. The van der Waals surface area contributed by atoms with E-state index in [1.54, 1.807) is 28.3 Å². The zero-order chi connectivity index (χ0) is 23.8. The van der Waals surface area contributed by atoms with Crippen LogP contribution in [0.4, 0.5) is 4.79 Å². The number of aliphatic hydroxyl groups excluding tert-OH is 1. The third-order valence-corrected chi connectivity index (χ3v) is 6.65. The van der Waals surface area contributed by atoms with E-state index in [4.69, 9.17) is 10.3 Å². The van der Waals surface area contributed by atoms with Crippen LogP contribution in [0.3, 0.4) is 0 Å². The van der Waals surface area contributed by atoms with Gasteiger partial charge < -0.3 is 30.1 Å². The first-order valence-corrected chi connectivity index (χ1v) is 11.1. The molecule has 0 spiro atoms. The number of rotatable bonds is 4. The van der Waals surface area contributed by atoms with E-state index >= 15 is 0 Å². The van der Waals surface area contributed by atoms with Crippen LogP contribution >= 0.6 is 0 Å². The zero-order valence-electron chi connectivity index (χ0n) is 18.9. The van der Waals surface area contributed by atoms with Gasteiger partial charge in [-0.05, 0) is 19.1 Å². The van der Waals surface area contributed by atoms with Crippen LogP contribution in [0.5, 0.6) is 0 Å². The van der Waals surface area contributed by atoms with Crippen LogP contribution in [0.2, 0.25) is 0 Å². The lowest BCUT2D eigenvalue weighted by atomic mass is 10.0. The maximum Gasteiger partial charge on any atom is 0.321 e. The van der Waals surface area contributed by atoms with Gasteiger partial charge in [-0.1, -0.05) is 12.6 Å². The van der Waals surface area contributed by atoms with Crippen LogP contribution in [0.1, 0.15) is 18.3 Å². The van der Waals surface area contributed by atoms with Gasteiger partial charge in [0, 0.05) is 43.6 Å². The number of oxazole rings is 1. The smallest absolute Gasteiger partial charge is 0.321 e. The van der Waals surface area contributed by atoms with Crippen molar-refractivity contribution >= 4 is 11.7 Å². The number of nitrogens with two attached hydrogens (primary N) is 1. The molecule has 2 bridgehead atoms. The predicted octanol–water partition coefficient (Wildman–Crippen LogP) is 1.14. The van der Waals surface area contributed by atoms with Gasteiger partial charge in [0.05, 0.1) is 29.7 Å². The largest absolute Gasteiger partial charge is 0.508 e. The standard InChI is InChI=1S/C23H28N8O3/c1-14-17-10-31(15(2)20(17)28-24)23(33)30-8-7-29(9-16-12-34-13-26-16)11-19(30)22(32)21(27-14)18-5-3-4-6-25-18/h3-6,12-13,15,19,27-28,32H,1,7-11,24H2,2H3/b22-21+/t15?,19-/m1/s1. The molecule has 2 aromatic heterocycles. The maximum absolute atomic E-state index is 13.8. The minimum atomic E-state index is -0.603. The lowest BCUT2D eigenvalue weighted by Gasteiger charge is -2.43. The first kappa shape index (κ1) is 22.0. The second-order valence-electron chi connectivity index (χ2n) is 8.63. The van der Waals surface area contributed by atoms with Gasteiger partial charge in [0.1, 0.15) is 23.8 Å². The van der Waals surface area contributed by atoms with Gasteiger partial charge in [0.2, 0.25) is 0 Å². The number of hydrazine groups is 1. The molecule has 0 aliphatic carbocycles. The van der Waals surface area contributed by atoms with Crippen molar-refractivity contribution in [2.45, 2.75) is 25.6 Å². The third-order valence-electron chi connectivity index (χ3n) is 6.65. The van der Waals surface area contributed by atoms with Crippen LogP contribution in [-0.4, -0.2) is 74.1 Å². The molecule has 1 saturated heterocycles. The van der Waals surface area contributed by atoms with Crippen molar-refractivity contribution < 1.29 is 14.3 Å². The number of urea groups is 1. The number of nitrogens with one attached hydrogen (secondary N) is 2. The molecule has 178 valence electrons. The molecule has 0 radical (unpaired) electrons. The fraction of sp³-hybridized carbons (Fsp3) is 0.348. The highest BCUT2D eigenvalue weighted by Gasteiger charge is 2.42. The number of aromatic nitrogens is 2. The van der Waals surface area contributed by atoms with Crippen molar-refractivity contribution in [1.82, 2.24) is 35.4 Å². The Labute approximate surface area is 197 Å². The van der Waals surface area contributed by atoms with E-state index in [2.05, 4.69) is 32.2 Å². The number of fused-ring (bicyclic) bond motifs is 3. The molecule has 0 saturated carbocycles. The Hall–Kier alpha value is -3.83. The summed E-state index contributed by atoms with van der Waals surface area (Å²) in [5.41, 5.74) is 6.55. The first-order valence-electron chi connectivity index (χ1n) is 11.1. The van der Waals surface area contributed by atoms with Crippen molar-refractivity contribution in [3.05, 3.63) is 77.7 Å². The molecular weight excluding hydrogens is 436 g/mol. The monoisotopic (exact) mass is 464 g/mol. The molecule has 2 aromatic rings. The number of carbonyl (C=O) groups excluding carboxylic acids is 1. The number of piperazine rings is 1. The summed E-state index contributed by atoms with van der Waals surface area (Å²) in [5.74, 6) is 5.86. The molecule has 5 rings (SSSR count). The molecule has 0 aromatic carbocycles. The molecule has 1 unspecified atom stereocenters. The van der Waals surface area contributed by atoms with Gasteiger partial charge in [-0.15, -0.1) is 0 Å². The molecule has 3 aliphatic heterocycles. The molecule has 2 atom stereocenters. The summed E-state index contributed by atoms with van der Waals surface area (Å²) >= 11 is 0. The molecule has 11 heteroatoms. The van der Waals surface area contributed by atoms with Gasteiger partial charge in [-0.25, -0.2) is 9.78 Å². The Kier molecular flexibility index (Phi) is 5.72. The van der Waals surface area contributed by atoms with E-state index in [0.717, 1.165) is 11.3 Å². The third kappa shape index (κ3) is 3.78. The summed E-state index contributed by atoms with van der Waals surface area (Å²) < 4.78 is 5.10. The lowest BCUT2D eigenvalue weighted by Crippen LogP contribution is -2.60. The first-order chi connectivity index (χ1) is 16.5. The van der Waals surface area contributed by atoms with E-state index in [1.165, 1.54) is 6.39 Å². The molecule has 1 fully saturated rings. The van der Waals surface area contributed by atoms with Gasteiger partial charge >= 0.3 is 6.03 Å². The second-order valence-corrected chi connectivity index (χ2v) is 8.63. The number of nitrogens with zero attached hydrogens (tertiary/aromatic N) is 5. The Balaban J connectivity index is 1.58. The minimum Gasteiger partial charge on any atom is -0.508 e. The van der Waals surface area contributed by atoms with E-state index in [9.17, 15) is 9.90 Å². The molecule has 34 heavy (non-hydrogen) atoms. The highest BCUT2D eigenvalue weighted by molar-refractivity contribution is 5.79. The van der Waals surface area contributed by atoms with E-state index < -0.39 is 6.04 Å². The Morgan fingerprint density at radius 2 is 2.18 bits per heavy atom. The number of pyridine rings is 1. The summed E-state index contributed by atoms with van der Waals surface area (Å²) in [7, 11) is 0. The highest BCUT2D eigenvalue weighted by Crippen LogP contribution is 2.32. The quantitative estimate of drug-likeness (QED) is 0.388. The van der Waals surface area contributed by atoms with Crippen molar-refractivity contribution in [1.29, 1.82) is 0 Å². The fourth-order valence-corrected chi connectivity index (χ4v) is 4.82. The highest BCUT2D eigenvalue weighted by atomic mass is 16.3. The Morgan fingerprint density at radius 1 is 1.32 bits per heavy atom. The Morgan fingerprint density at radius 3 is 2.88 bits per heavy atom. The molecule has 2 amide bonds. The summed E-state index contributed by atoms with van der Waals surface area (Å²) in [6, 6.07) is 4.43. The topological polar surface area (TPSA) is 136 Å². The average Bonchev–Trinajstić information content (AvgIpc) is 3.48. The SMILES string of the molecule is C=C1N/C(c2ccccn2)=C(/O)[C@H]2CN(Cc3cocn3)CCN2C(=O)N2CC1=C(NN)C2C. The number of hydrogen-bond acceptors (Lipinski definition) is 9. The number of carbonyl (C=O) groups is 1. The fourth-order valence-electron chi connectivity index (χ4n) is 4.82. The minimum absolute atomic E-state index is 0.0241. The van der Waals surface area contributed by atoms with Crippen molar-refractivity contribution in [2.24, 2.45) is 5.84 Å². The normalized spacial score (nSPS) is 25.9. The molecule has 3 aliphatic rings. The van der Waals surface area contributed by atoms with Crippen LogP contribution in [0, 0.1) is 0 Å². The van der Waals surface area contributed by atoms with Gasteiger partial charge in [0.15, 0.2) is 6.39 Å². The van der Waals surface area contributed by atoms with E-state index in [0.29, 0.717) is 55.5 Å². The molecule has 11 nitrogen and oxygen atoms in total. The summed E-state index contributed by atoms with van der Waals surface area (Å²) in [6.45, 7) is 8.50. The summed E-state index contributed by atoms with van der Waals surface area (Å²) in [6.07, 6.45) is 4.66. The molecule has 5 N–H and O–H groups in total. The predicted molar refractivity (Wildman–Crippen MR) is 124 cm³/mol. The van der Waals surface area contributed by atoms with Crippen LogP contribution in [0.15, 0.2) is 70.8 Å². The number of hydrogen-bond donors (Lipinski definition) is 4. The summed E-state index contributed by atoms with van der Waals surface area (Å²) in [4.78, 5) is 28.0. The van der Waals surface area contributed by atoms with Crippen molar-refractivity contribution in [2.75, 3.05) is 26.2 Å². The second kappa shape index (κ2) is 8.84. The van der Waals surface area contributed by atoms with Gasteiger partial charge in [0.25, 0.3) is 0 Å². The summed E-state index contributed by atoms with van der Waals surface area (Å²) in [5, 5.41) is 14.9. The Bertz CT molecular complexity index is 1140. The van der Waals surface area contributed by atoms with Crippen LogP contribution in [-0.2, 0) is 6.54 Å². The van der Waals surface area contributed by atoms with Crippen molar-refractivity contribution in [3.63, 3.8) is 0 Å². The number of aliphatic hydroxyl groups is 1. The molecular formula is C23H28N8O3. The van der Waals surface area contributed by atoms with E-state index in [1.807, 2.05) is 19.1 Å². The maximum atomic E-state index is 13.8. The van der Waals surface area contributed by atoms with E-state index in [-0.39, 0.29) is 17.8 Å². The van der Waals surface area contributed by atoms with Crippen LogP contribution in [0.25, 0.3) is 5.70 Å². The number of amides is 2. The average molecular weight is 465 g/mol. The van der Waals surface area contributed by atoms with Gasteiger partial charge in [-0.3, -0.25) is 15.7 Å². The van der Waals surface area contributed by atoms with Gasteiger partial charge in [-0.2, -0.15) is 0 Å². The van der Waals surface area contributed by atoms with Crippen LogP contribution < -0.4 is 16.6 Å². The van der Waals surface area contributed by atoms with Crippen molar-refractivity contribution in [3.8, 4) is 0 Å². The molecule has 5 heterocycles. The zero-order valence-corrected chi connectivity index (χ0v) is 18.9.